The minimum atomic E-state index is -0.0849. The average Bonchev–Trinajstić information content (AvgIpc) is 3.23. The van der Waals surface area contributed by atoms with Gasteiger partial charge in [-0.15, -0.1) is 0 Å². The van der Waals surface area contributed by atoms with E-state index in [1.807, 2.05) is 11.0 Å². The molecule has 0 aromatic carbocycles. The molecule has 1 unspecified atom stereocenters. The van der Waals surface area contributed by atoms with E-state index in [1.54, 1.807) is 0 Å². The van der Waals surface area contributed by atoms with Gasteiger partial charge in [-0.3, -0.25) is 9.48 Å². The van der Waals surface area contributed by atoms with Crippen LogP contribution >= 0.6 is 0 Å². The molecular formula is C18H30N4O. The Hall–Kier alpha value is -1.36. The van der Waals surface area contributed by atoms with Crippen LogP contribution < -0.4 is 5.73 Å². The number of nitrogens with two attached hydrogens (primary N) is 1. The van der Waals surface area contributed by atoms with Crippen LogP contribution in [0, 0.1) is 5.92 Å². The van der Waals surface area contributed by atoms with Gasteiger partial charge >= 0.3 is 0 Å². The Balaban J connectivity index is 1.76. The number of nitrogens with zero attached hydrogens (tertiary/aromatic N) is 3. The standard InChI is InChI=1S/C18H30N4O/c1-12(19)13-7-9-21(10-8-13)17(23)15-11-16(14-5-6-14)22(20-15)18(2,3)4/h11-14H,5-10,19H2,1-4H3. The largest absolute Gasteiger partial charge is 0.337 e. The van der Waals surface area contributed by atoms with Crippen molar-refractivity contribution in [2.45, 2.75) is 70.9 Å². The molecule has 0 spiro atoms. The molecule has 1 aliphatic heterocycles. The number of hydrogen-bond acceptors (Lipinski definition) is 3. The zero-order valence-electron chi connectivity index (χ0n) is 14.9. The van der Waals surface area contributed by atoms with Crippen LogP contribution in [0.3, 0.4) is 0 Å². The van der Waals surface area contributed by atoms with Gasteiger partial charge in [-0.2, -0.15) is 5.10 Å². The predicted molar refractivity (Wildman–Crippen MR) is 91.5 cm³/mol. The summed E-state index contributed by atoms with van der Waals surface area (Å²) in [5.41, 5.74) is 7.75. The van der Waals surface area contributed by atoms with Gasteiger partial charge in [-0.1, -0.05) is 0 Å². The molecule has 1 saturated heterocycles. The molecule has 2 heterocycles. The minimum absolute atomic E-state index is 0.0815. The Morgan fingerprint density at radius 2 is 1.87 bits per heavy atom. The van der Waals surface area contributed by atoms with Crippen LogP contribution in [0.2, 0.25) is 0 Å². The summed E-state index contributed by atoms with van der Waals surface area (Å²) in [5, 5.41) is 4.67. The van der Waals surface area contributed by atoms with Crippen molar-refractivity contribution in [1.82, 2.24) is 14.7 Å². The number of aromatic nitrogens is 2. The first-order valence-electron chi connectivity index (χ1n) is 8.92. The fourth-order valence-corrected chi connectivity index (χ4v) is 3.50. The van der Waals surface area contributed by atoms with Gasteiger partial charge in [-0.05, 0) is 65.4 Å². The van der Waals surface area contributed by atoms with Gasteiger partial charge in [0.15, 0.2) is 5.69 Å². The van der Waals surface area contributed by atoms with E-state index < -0.39 is 0 Å². The molecule has 128 valence electrons. The third-order valence-electron chi connectivity index (χ3n) is 5.16. The highest BCUT2D eigenvalue weighted by molar-refractivity contribution is 5.92. The maximum Gasteiger partial charge on any atom is 0.274 e. The third kappa shape index (κ3) is 3.44. The van der Waals surface area contributed by atoms with Crippen molar-refractivity contribution in [2.24, 2.45) is 11.7 Å². The molecule has 1 aromatic rings. The maximum atomic E-state index is 12.8. The smallest absolute Gasteiger partial charge is 0.274 e. The zero-order chi connectivity index (χ0) is 16.8. The molecule has 3 rings (SSSR count). The van der Waals surface area contributed by atoms with Gasteiger partial charge in [0, 0.05) is 30.7 Å². The highest BCUT2D eigenvalue weighted by atomic mass is 16.2. The third-order valence-corrected chi connectivity index (χ3v) is 5.16. The lowest BCUT2D eigenvalue weighted by molar-refractivity contribution is 0.0673. The Morgan fingerprint density at radius 1 is 1.26 bits per heavy atom. The van der Waals surface area contributed by atoms with Gasteiger partial charge in [0.1, 0.15) is 0 Å². The Labute approximate surface area is 139 Å². The number of carbonyl (C=O) groups excluding carboxylic acids is 1. The molecule has 1 atom stereocenters. The maximum absolute atomic E-state index is 12.8. The summed E-state index contributed by atoms with van der Waals surface area (Å²) in [6.45, 7) is 10.1. The normalized spacial score (nSPS) is 21.5. The minimum Gasteiger partial charge on any atom is -0.337 e. The lowest BCUT2D eigenvalue weighted by Crippen LogP contribution is -2.42. The van der Waals surface area contributed by atoms with Gasteiger partial charge < -0.3 is 10.6 Å². The Kier molecular flexibility index (Phi) is 4.25. The monoisotopic (exact) mass is 318 g/mol. The van der Waals surface area contributed by atoms with E-state index in [-0.39, 0.29) is 17.5 Å². The molecule has 2 N–H and O–H groups in total. The van der Waals surface area contributed by atoms with Gasteiger partial charge in [0.2, 0.25) is 0 Å². The van der Waals surface area contributed by atoms with E-state index in [0.29, 0.717) is 17.5 Å². The molecule has 1 saturated carbocycles. The molecule has 23 heavy (non-hydrogen) atoms. The van der Waals surface area contributed by atoms with Crippen LogP contribution in [-0.4, -0.2) is 39.7 Å². The predicted octanol–water partition coefficient (Wildman–Crippen LogP) is 2.71. The summed E-state index contributed by atoms with van der Waals surface area (Å²) in [7, 11) is 0. The van der Waals surface area contributed by atoms with E-state index in [2.05, 4.69) is 37.5 Å². The first-order valence-corrected chi connectivity index (χ1v) is 8.92. The summed E-state index contributed by atoms with van der Waals surface area (Å²) < 4.78 is 2.06. The van der Waals surface area contributed by atoms with Crippen molar-refractivity contribution >= 4 is 5.91 Å². The number of carbonyl (C=O) groups is 1. The molecule has 5 nitrogen and oxygen atoms in total. The molecule has 2 fully saturated rings. The van der Waals surface area contributed by atoms with Gasteiger partial charge in [0.05, 0.1) is 5.54 Å². The molecule has 0 radical (unpaired) electrons. The van der Waals surface area contributed by atoms with E-state index >= 15 is 0 Å². The van der Waals surface area contributed by atoms with Gasteiger partial charge in [-0.25, -0.2) is 0 Å². The number of likely N-dealkylation sites (tertiary alicyclic amines) is 1. The van der Waals surface area contributed by atoms with Crippen molar-refractivity contribution in [3.8, 4) is 0 Å². The molecule has 0 bridgehead atoms. The van der Waals surface area contributed by atoms with Crippen LogP contribution in [0.25, 0.3) is 0 Å². The first kappa shape index (κ1) is 16.5. The topological polar surface area (TPSA) is 64.2 Å². The Bertz CT molecular complexity index is 572. The molecule has 1 aliphatic carbocycles. The second-order valence-electron chi connectivity index (χ2n) is 8.30. The van der Waals surface area contributed by atoms with Crippen LogP contribution in [0.15, 0.2) is 6.07 Å². The summed E-state index contributed by atoms with van der Waals surface area (Å²) in [6, 6.07) is 2.25. The zero-order valence-corrected chi connectivity index (χ0v) is 14.9. The van der Waals surface area contributed by atoms with Crippen LogP contribution in [-0.2, 0) is 5.54 Å². The highest BCUT2D eigenvalue weighted by Gasteiger charge is 2.34. The van der Waals surface area contributed by atoms with Crippen molar-refractivity contribution in [1.29, 1.82) is 0 Å². The molecule has 1 amide bonds. The van der Waals surface area contributed by atoms with E-state index in [4.69, 9.17) is 5.73 Å². The average molecular weight is 318 g/mol. The summed E-state index contributed by atoms with van der Waals surface area (Å²) in [4.78, 5) is 14.8. The molecule has 5 heteroatoms. The number of piperidine rings is 1. The summed E-state index contributed by atoms with van der Waals surface area (Å²) in [6.07, 6.45) is 4.43. The van der Waals surface area contributed by atoms with Crippen molar-refractivity contribution in [3.05, 3.63) is 17.5 Å². The van der Waals surface area contributed by atoms with Crippen LogP contribution in [0.5, 0.6) is 0 Å². The second-order valence-corrected chi connectivity index (χ2v) is 8.30. The molecule has 1 aromatic heterocycles. The van der Waals surface area contributed by atoms with Crippen molar-refractivity contribution in [2.75, 3.05) is 13.1 Å². The van der Waals surface area contributed by atoms with E-state index in [1.165, 1.54) is 18.5 Å². The fraction of sp³-hybridized carbons (Fsp3) is 0.778. The summed E-state index contributed by atoms with van der Waals surface area (Å²) in [5.74, 6) is 1.21. The fourth-order valence-electron chi connectivity index (χ4n) is 3.50. The number of amides is 1. The highest BCUT2D eigenvalue weighted by Crippen LogP contribution is 2.41. The first-order chi connectivity index (χ1) is 10.8. The van der Waals surface area contributed by atoms with E-state index in [0.717, 1.165) is 25.9 Å². The quantitative estimate of drug-likeness (QED) is 0.932. The SMILES string of the molecule is CC(N)C1CCN(C(=O)c2cc(C3CC3)n(C(C)(C)C)n2)CC1. The summed E-state index contributed by atoms with van der Waals surface area (Å²) >= 11 is 0. The Morgan fingerprint density at radius 3 is 2.35 bits per heavy atom. The van der Waals surface area contributed by atoms with Crippen LogP contribution in [0.1, 0.15) is 75.5 Å². The molecule has 2 aliphatic rings. The second kappa shape index (κ2) is 5.93. The molecular weight excluding hydrogens is 288 g/mol. The lowest BCUT2D eigenvalue weighted by atomic mass is 9.91. The van der Waals surface area contributed by atoms with Crippen LogP contribution in [0.4, 0.5) is 0 Å². The van der Waals surface area contributed by atoms with Gasteiger partial charge in [0.25, 0.3) is 5.91 Å². The number of hydrogen-bond donors (Lipinski definition) is 1. The van der Waals surface area contributed by atoms with Crippen molar-refractivity contribution < 1.29 is 4.79 Å². The lowest BCUT2D eigenvalue weighted by Gasteiger charge is -2.33. The number of rotatable bonds is 3. The van der Waals surface area contributed by atoms with Crippen molar-refractivity contribution in [3.63, 3.8) is 0 Å². The van der Waals surface area contributed by atoms with E-state index in [9.17, 15) is 4.79 Å².